The summed E-state index contributed by atoms with van der Waals surface area (Å²) >= 11 is 0. The van der Waals surface area contributed by atoms with Gasteiger partial charge in [0.05, 0.1) is 11.9 Å². The molecule has 7 heteroatoms. The Morgan fingerprint density at radius 3 is 2.72 bits per heavy atom. The van der Waals surface area contributed by atoms with Crippen LogP contribution in [0.15, 0.2) is 24.5 Å². The molecular weight excluding hydrogens is 252 g/mol. The van der Waals surface area contributed by atoms with Gasteiger partial charge in [0.15, 0.2) is 0 Å². The molecule has 1 aromatic heterocycles. The summed E-state index contributed by atoms with van der Waals surface area (Å²) in [6.45, 7) is 1.68. The number of hydrogen-bond donors (Lipinski definition) is 2. The monoisotopic (exact) mass is 270 g/mol. The van der Waals surface area contributed by atoms with Gasteiger partial charge >= 0.3 is 10.2 Å². The highest BCUT2D eigenvalue weighted by atomic mass is 32.2. The molecule has 100 valence electrons. The van der Waals surface area contributed by atoms with E-state index < -0.39 is 10.2 Å². The number of piperidine rings is 1. The first-order valence-electron chi connectivity index (χ1n) is 6.00. The molecule has 1 saturated heterocycles. The van der Waals surface area contributed by atoms with Crippen LogP contribution in [0.25, 0.3) is 0 Å². The van der Waals surface area contributed by atoms with Gasteiger partial charge in [-0.25, -0.2) is 0 Å². The van der Waals surface area contributed by atoms with Gasteiger partial charge in [0.25, 0.3) is 0 Å². The maximum Gasteiger partial charge on any atom is 0.301 e. The van der Waals surface area contributed by atoms with Crippen molar-refractivity contribution in [1.82, 2.24) is 9.29 Å². The van der Waals surface area contributed by atoms with Gasteiger partial charge in [-0.1, -0.05) is 0 Å². The molecule has 0 bridgehead atoms. The Labute approximate surface area is 107 Å². The molecule has 0 aromatic carbocycles. The topological polar surface area (TPSA) is 88.3 Å². The zero-order chi connectivity index (χ0) is 13.0. The largest absolute Gasteiger partial charge is 0.330 e. The average Bonchev–Trinajstić information content (AvgIpc) is 2.39. The molecule has 0 aliphatic carbocycles. The summed E-state index contributed by atoms with van der Waals surface area (Å²) in [6, 6.07) is 3.37. The van der Waals surface area contributed by atoms with E-state index in [0.29, 0.717) is 31.2 Å². The van der Waals surface area contributed by atoms with Gasteiger partial charge in [-0.15, -0.1) is 0 Å². The van der Waals surface area contributed by atoms with E-state index in [1.807, 2.05) is 0 Å². The van der Waals surface area contributed by atoms with Crippen molar-refractivity contribution in [1.29, 1.82) is 0 Å². The van der Waals surface area contributed by atoms with E-state index in [0.717, 1.165) is 12.8 Å². The average molecular weight is 270 g/mol. The maximum absolute atomic E-state index is 12.1. The van der Waals surface area contributed by atoms with Crippen LogP contribution in [-0.2, 0) is 10.2 Å². The fourth-order valence-electron chi connectivity index (χ4n) is 2.02. The van der Waals surface area contributed by atoms with E-state index in [1.54, 1.807) is 18.3 Å². The summed E-state index contributed by atoms with van der Waals surface area (Å²) in [5, 5.41) is 0. The highest BCUT2D eigenvalue weighted by molar-refractivity contribution is 7.90. The number of pyridine rings is 1. The van der Waals surface area contributed by atoms with E-state index in [2.05, 4.69) is 9.71 Å². The van der Waals surface area contributed by atoms with Crippen LogP contribution in [0.4, 0.5) is 5.69 Å². The predicted molar refractivity (Wildman–Crippen MR) is 70.1 cm³/mol. The van der Waals surface area contributed by atoms with Crippen molar-refractivity contribution in [2.45, 2.75) is 12.8 Å². The van der Waals surface area contributed by atoms with Crippen molar-refractivity contribution < 1.29 is 8.42 Å². The van der Waals surface area contributed by atoms with E-state index in [9.17, 15) is 8.42 Å². The van der Waals surface area contributed by atoms with Gasteiger partial charge in [-0.3, -0.25) is 9.71 Å². The highest BCUT2D eigenvalue weighted by Crippen LogP contribution is 2.19. The lowest BCUT2D eigenvalue weighted by molar-refractivity contribution is 0.280. The number of anilines is 1. The SMILES string of the molecule is NCC1CCN(S(=O)(=O)Nc2cccnc2)CC1. The summed E-state index contributed by atoms with van der Waals surface area (Å²) in [5.74, 6) is 0.440. The normalized spacial score (nSPS) is 18.7. The first-order chi connectivity index (χ1) is 8.62. The Morgan fingerprint density at radius 2 is 2.17 bits per heavy atom. The Kier molecular flexibility index (Phi) is 4.15. The molecule has 0 saturated carbocycles. The lowest BCUT2D eigenvalue weighted by Gasteiger charge is -2.30. The standard InChI is InChI=1S/C11H18N4O2S/c12-8-10-3-6-15(7-4-10)18(16,17)14-11-2-1-5-13-9-11/h1-2,5,9-10,14H,3-4,6-8,12H2. The van der Waals surface area contributed by atoms with Crippen LogP contribution in [0.2, 0.25) is 0 Å². The van der Waals surface area contributed by atoms with E-state index in [-0.39, 0.29) is 0 Å². The Balaban J connectivity index is 2.00. The molecule has 1 aliphatic heterocycles. The van der Waals surface area contributed by atoms with Crippen molar-refractivity contribution in [3.05, 3.63) is 24.5 Å². The molecule has 0 atom stereocenters. The Hall–Kier alpha value is -1.18. The van der Waals surface area contributed by atoms with Crippen LogP contribution < -0.4 is 10.5 Å². The van der Waals surface area contributed by atoms with Crippen molar-refractivity contribution in [2.75, 3.05) is 24.4 Å². The number of nitrogens with one attached hydrogen (secondary N) is 1. The summed E-state index contributed by atoms with van der Waals surface area (Å²) in [5.41, 5.74) is 6.07. The quantitative estimate of drug-likeness (QED) is 0.829. The highest BCUT2D eigenvalue weighted by Gasteiger charge is 2.27. The number of nitrogens with zero attached hydrogens (tertiary/aromatic N) is 2. The van der Waals surface area contributed by atoms with Crippen LogP contribution in [0.3, 0.4) is 0 Å². The zero-order valence-corrected chi connectivity index (χ0v) is 10.9. The van der Waals surface area contributed by atoms with Crippen LogP contribution in [0.5, 0.6) is 0 Å². The molecule has 1 aromatic rings. The molecule has 1 aliphatic rings. The molecule has 0 amide bonds. The number of aromatic nitrogens is 1. The fraction of sp³-hybridized carbons (Fsp3) is 0.545. The summed E-state index contributed by atoms with van der Waals surface area (Å²) < 4.78 is 28.2. The minimum absolute atomic E-state index is 0.440. The number of nitrogens with two attached hydrogens (primary N) is 1. The van der Waals surface area contributed by atoms with Crippen molar-refractivity contribution >= 4 is 15.9 Å². The lowest BCUT2D eigenvalue weighted by atomic mass is 9.99. The third-order valence-corrected chi connectivity index (χ3v) is 4.69. The van der Waals surface area contributed by atoms with E-state index in [4.69, 9.17) is 5.73 Å². The van der Waals surface area contributed by atoms with E-state index >= 15 is 0 Å². The first kappa shape index (κ1) is 13.3. The molecule has 0 spiro atoms. The summed E-state index contributed by atoms with van der Waals surface area (Å²) in [6.07, 6.45) is 4.74. The first-order valence-corrected chi connectivity index (χ1v) is 7.44. The molecule has 18 heavy (non-hydrogen) atoms. The van der Waals surface area contributed by atoms with Gasteiger partial charge in [0.2, 0.25) is 0 Å². The van der Waals surface area contributed by atoms with Crippen molar-refractivity contribution in [3.8, 4) is 0 Å². The molecule has 2 heterocycles. The zero-order valence-electron chi connectivity index (χ0n) is 10.1. The van der Waals surface area contributed by atoms with Crippen LogP contribution >= 0.6 is 0 Å². The maximum atomic E-state index is 12.1. The van der Waals surface area contributed by atoms with Crippen LogP contribution in [0.1, 0.15) is 12.8 Å². The van der Waals surface area contributed by atoms with Gasteiger partial charge in [-0.2, -0.15) is 12.7 Å². The smallest absolute Gasteiger partial charge is 0.301 e. The molecular formula is C11H18N4O2S. The fourth-order valence-corrected chi connectivity index (χ4v) is 3.26. The summed E-state index contributed by atoms with van der Waals surface area (Å²) in [4.78, 5) is 3.88. The third kappa shape index (κ3) is 3.18. The minimum Gasteiger partial charge on any atom is -0.330 e. The molecule has 6 nitrogen and oxygen atoms in total. The van der Waals surface area contributed by atoms with Gasteiger partial charge in [0, 0.05) is 19.3 Å². The van der Waals surface area contributed by atoms with Gasteiger partial charge in [0.1, 0.15) is 0 Å². The molecule has 1 fully saturated rings. The van der Waals surface area contributed by atoms with Gasteiger partial charge < -0.3 is 5.73 Å². The molecule has 0 radical (unpaired) electrons. The second-order valence-electron chi connectivity index (χ2n) is 4.43. The van der Waals surface area contributed by atoms with Crippen molar-refractivity contribution in [3.63, 3.8) is 0 Å². The second-order valence-corrected chi connectivity index (χ2v) is 6.10. The predicted octanol–water partition coefficient (Wildman–Crippen LogP) is 0.409. The molecule has 2 rings (SSSR count). The third-order valence-electron chi connectivity index (χ3n) is 3.16. The second kappa shape index (κ2) is 5.64. The van der Waals surface area contributed by atoms with Crippen molar-refractivity contribution in [2.24, 2.45) is 11.7 Å². The molecule has 3 N–H and O–H groups in total. The number of hydrogen-bond acceptors (Lipinski definition) is 4. The van der Waals surface area contributed by atoms with Crippen LogP contribution in [0, 0.1) is 5.92 Å². The Bertz CT molecular complexity index is 469. The lowest BCUT2D eigenvalue weighted by Crippen LogP contribution is -2.42. The summed E-state index contributed by atoms with van der Waals surface area (Å²) in [7, 11) is -3.47. The van der Waals surface area contributed by atoms with Crippen LogP contribution in [-0.4, -0.2) is 37.3 Å². The van der Waals surface area contributed by atoms with E-state index in [1.165, 1.54) is 10.5 Å². The Morgan fingerprint density at radius 1 is 1.44 bits per heavy atom. The number of rotatable bonds is 4. The minimum atomic E-state index is -3.47. The van der Waals surface area contributed by atoms with Gasteiger partial charge in [-0.05, 0) is 37.4 Å². The molecule has 0 unspecified atom stereocenters.